The van der Waals surface area contributed by atoms with Crippen LogP contribution in [0.5, 0.6) is 0 Å². The summed E-state index contributed by atoms with van der Waals surface area (Å²) in [7, 11) is 0. The van der Waals surface area contributed by atoms with Gasteiger partial charge in [-0.1, -0.05) is 12.7 Å². The highest BCUT2D eigenvalue weighted by Gasteiger charge is 1.94. The molecule has 2 nitrogen and oxygen atoms in total. The third-order valence-electron chi connectivity index (χ3n) is 1.44. The lowest BCUT2D eigenvalue weighted by Gasteiger charge is -2.04. The first-order valence-corrected chi connectivity index (χ1v) is 3.68. The fourth-order valence-electron chi connectivity index (χ4n) is 0.921. The topological polar surface area (TPSA) is 24.9 Å². The van der Waals surface area contributed by atoms with Crippen LogP contribution in [0.15, 0.2) is 25.0 Å². The average Bonchev–Trinajstić information content (AvgIpc) is 2.06. The van der Waals surface area contributed by atoms with E-state index in [1.54, 1.807) is 18.5 Å². The summed E-state index contributed by atoms with van der Waals surface area (Å²) in [6.45, 7) is 6.68. The quantitative estimate of drug-likeness (QED) is 0.710. The Balaban J connectivity index is 2.92. The molecule has 0 amide bonds. The zero-order valence-electron chi connectivity index (χ0n) is 6.67. The molecule has 58 valence electrons. The van der Waals surface area contributed by atoms with Crippen LogP contribution in [0.4, 0.5) is 5.69 Å². The van der Waals surface area contributed by atoms with Crippen molar-refractivity contribution in [2.45, 2.75) is 6.92 Å². The van der Waals surface area contributed by atoms with Crippen molar-refractivity contribution >= 4 is 11.8 Å². The van der Waals surface area contributed by atoms with Crippen molar-refractivity contribution in [2.75, 3.05) is 11.9 Å². The summed E-state index contributed by atoms with van der Waals surface area (Å²) in [5, 5.41) is 3.22. The van der Waals surface area contributed by atoms with Crippen LogP contribution in [0.25, 0.3) is 6.08 Å². The Morgan fingerprint density at radius 2 is 2.55 bits per heavy atom. The second kappa shape index (κ2) is 3.76. The molecule has 1 rings (SSSR count). The molecule has 0 aliphatic rings. The highest BCUT2D eigenvalue weighted by Crippen LogP contribution is 2.13. The van der Waals surface area contributed by atoms with Crippen molar-refractivity contribution in [2.24, 2.45) is 0 Å². The summed E-state index contributed by atoms with van der Waals surface area (Å²) >= 11 is 0. The van der Waals surface area contributed by atoms with Gasteiger partial charge in [-0.05, 0) is 13.0 Å². The number of rotatable bonds is 3. The second-order valence-corrected chi connectivity index (χ2v) is 2.20. The molecule has 0 aromatic carbocycles. The Hall–Kier alpha value is -1.31. The third-order valence-corrected chi connectivity index (χ3v) is 1.44. The van der Waals surface area contributed by atoms with Crippen LogP contribution in [0.3, 0.4) is 0 Å². The van der Waals surface area contributed by atoms with Gasteiger partial charge in [0.1, 0.15) is 0 Å². The first-order valence-electron chi connectivity index (χ1n) is 3.68. The molecule has 0 saturated heterocycles. The number of hydrogen-bond acceptors (Lipinski definition) is 2. The molecule has 0 bridgehead atoms. The van der Waals surface area contributed by atoms with E-state index in [2.05, 4.69) is 23.8 Å². The van der Waals surface area contributed by atoms with Crippen LogP contribution < -0.4 is 5.32 Å². The predicted octanol–water partition coefficient (Wildman–Crippen LogP) is 2.16. The molecule has 0 unspecified atom stereocenters. The maximum atomic E-state index is 3.99. The molecular weight excluding hydrogens is 136 g/mol. The number of hydrogen-bond donors (Lipinski definition) is 1. The maximum Gasteiger partial charge on any atom is 0.0444 e. The Bertz CT molecular complexity index is 243. The number of nitrogens with one attached hydrogen (secondary N) is 1. The lowest BCUT2D eigenvalue weighted by Crippen LogP contribution is -1.98. The van der Waals surface area contributed by atoms with E-state index in [0.29, 0.717) is 0 Å². The SMILES string of the molecule is C=Cc1cnccc1NCC. The van der Waals surface area contributed by atoms with E-state index in [-0.39, 0.29) is 0 Å². The van der Waals surface area contributed by atoms with Crippen molar-refractivity contribution in [3.05, 3.63) is 30.6 Å². The van der Waals surface area contributed by atoms with Crippen LogP contribution in [-0.2, 0) is 0 Å². The van der Waals surface area contributed by atoms with Gasteiger partial charge in [0.15, 0.2) is 0 Å². The average molecular weight is 148 g/mol. The highest BCUT2D eigenvalue weighted by atomic mass is 14.9. The van der Waals surface area contributed by atoms with E-state index in [9.17, 15) is 0 Å². The lowest BCUT2D eigenvalue weighted by atomic mass is 10.2. The molecular formula is C9H12N2. The second-order valence-electron chi connectivity index (χ2n) is 2.20. The Morgan fingerprint density at radius 3 is 3.18 bits per heavy atom. The highest BCUT2D eigenvalue weighted by molar-refractivity contribution is 5.64. The van der Waals surface area contributed by atoms with E-state index >= 15 is 0 Å². The molecule has 0 aliphatic heterocycles. The molecule has 11 heavy (non-hydrogen) atoms. The smallest absolute Gasteiger partial charge is 0.0444 e. The van der Waals surface area contributed by atoms with E-state index in [4.69, 9.17) is 0 Å². The summed E-state index contributed by atoms with van der Waals surface area (Å²) < 4.78 is 0. The van der Waals surface area contributed by atoms with Crippen LogP contribution in [0.1, 0.15) is 12.5 Å². The first-order chi connectivity index (χ1) is 5.38. The van der Waals surface area contributed by atoms with Gasteiger partial charge in [-0.15, -0.1) is 0 Å². The van der Waals surface area contributed by atoms with Gasteiger partial charge in [0, 0.05) is 30.2 Å². The van der Waals surface area contributed by atoms with Gasteiger partial charge in [0.2, 0.25) is 0 Å². The molecule has 0 spiro atoms. The van der Waals surface area contributed by atoms with Gasteiger partial charge in [-0.25, -0.2) is 0 Å². The molecule has 1 aromatic heterocycles. The predicted molar refractivity (Wildman–Crippen MR) is 48.5 cm³/mol. The molecule has 2 heteroatoms. The first kappa shape index (κ1) is 7.79. The minimum atomic E-state index is 0.921. The molecule has 0 atom stereocenters. The van der Waals surface area contributed by atoms with Gasteiger partial charge in [-0.2, -0.15) is 0 Å². The molecule has 0 radical (unpaired) electrons. The standard InChI is InChI=1S/C9H12N2/c1-3-8-7-10-6-5-9(8)11-4-2/h3,5-7H,1,4H2,2H3,(H,10,11). The summed E-state index contributed by atoms with van der Waals surface area (Å²) in [4.78, 5) is 3.99. The van der Waals surface area contributed by atoms with Gasteiger partial charge >= 0.3 is 0 Å². The zero-order valence-corrected chi connectivity index (χ0v) is 6.67. The molecule has 0 fully saturated rings. The normalized spacial score (nSPS) is 9.18. The van der Waals surface area contributed by atoms with Crippen molar-refractivity contribution in [1.82, 2.24) is 4.98 Å². The van der Waals surface area contributed by atoms with Gasteiger partial charge in [0.05, 0.1) is 0 Å². The third kappa shape index (κ3) is 1.80. The zero-order chi connectivity index (χ0) is 8.10. The largest absolute Gasteiger partial charge is 0.385 e. The molecule has 1 heterocycles. The fourth-order valence-corrected chi connectivity index (χ4v) is 0.921. The fraction of sp³-hybridized carbons (Fsp3) is 0.222. The minimum absolute atomic E-state index is 0.921. The van der Waals surface area contributed by atoms with Gasteiger partial charge < -0.3 is 5.32 Å². The Kier molecular flexibility index (Phi) is 2.66. The molecule has 0 aliphatic carbocycles. The van der Waals surface area contributed by atoms with Gasteiger partial charge in [0.25, 0.3) is 0 Å². The monoisotopic (exact) mass is 148 g/mol. The molecule has 1 N–H and O–H groups in total. The molecule has 1 aromatic rings. The maximum absolute atomic E-state index is 3.99. The van der Waals surface area contributed by atoms with E-state index in [0.717, 1.165) is 17.8 Å². The van der Waals surface area contributed by atoms with Crippen molar-refractivity contribution < 1.29 is 0 Å². The van der Waals surface area contributed by atoms with Crippen LogP contribution in [0, 0.1) is 0 Å². The minimum Gasteiger partial charge on any atom is -0.385 e. The van der Waals surface area contributed by atoms with E-state index < -0.39 is 0 Å². The summed E-state index contributed by atoms with van der Waals surface area (Å²) in [6, 6.07) is 1.94. The summed E-state index contributed by atoms with van der Waals surface area (Å²) in [6.07, 6.45) is 5.36. The van der Waals surface area contributed by atoms with Crippen molar-refractivity contribution in [3.8, 4) is 0 Å². The summed E-state index contributed by atoms with van der Waals surface area (Å²) in [5.41, 5.74) is 2.15. The Labute approximate surface area is 67.0 Å². The lowest BCUT2D eigenvalue weighted by molar-refractivity contribution is 1.19. The van der Waals surface area contributed by atoms with Gasteiger partial charge in [-0.3, -0.25) is 4.98 Å². The van der Waals surface area contributed by atoms with E-state index in [1.165, 1.54) is 0 Å². The number of nitrogens with zero attached hydrogens (tertiary/aromatic N) is 1. The van der Waals surface area contributed by atoms with Crippen molar-refractivity contribution in [1.29, 1.82) is 0 Å². The van der Waals surface area contributed by atoms with Crippen LogP contribution >= 0.6 is 0 Å². The summed E-state index contributed by atoms with van der Waals surface area (Å²) in [5.74, 6) is 0. The molecule has 0 saturated carbocycles. The van der Waals surface area contributed by atoms with Crippen LogP contribution in [-0.4, -0.2) is 11.5 Å². The number of pyridine rings is 1. The number of aromatic nitrogens is 1. The van der Waals surface area contributed by atoms with E-state index in [1.807, 2.05) is 6.07 Å². The van der Waals surface area contributed by atoms with Crippen molar-refractivity contribution in [3.63, 3.8) is 0 Å². The number of anilines is 1. The van der Waals surface area contributed by atoms with Crippen LogP contribution in [0.2, 0.25) is 0 Å². The Morgan fingerprint density at radius 1 is 1.73 bits per heavy atom.